The van der Waals surface area contributed by atoms with Gasteiger partial charge in [0.1, 0.15) is 11.6 Å². The lowest BCUT2D eigenvalue weighted by Crippen LogP contribution is -2.15. The molecule has 24 heavy (non-hydrogen) atoms. The highest BCUT2D eigenvalue weighted by Gasteiger charge is 2.15. The van der Waals surface area contributed by atoms with Crippen molar-refractivity contribution in [2.75, 3.05) is 14.2 Å². The molecule has 0 aliphatic rings. The lowest BCUT2D eigenvalue weighted by molar-refractivity contribution is 0.103. The standard InChI is InChI=1S/C18H22N4O2/c1-13(23-3)11-22-8-7-19-18(22)16-9-14(5-6-17(16)24-4)15-10-20-21(2)12-15/h5-10,12-13H,11H2,1-4H3. The first-order valence-electron chi connectivity index (χ1n) is 7.83. The Morgan fingerprint density at radius 3 is 2.71 bits per heavy atom. The van der Waals surface area contributed by atoms with Gasteiger partial charge in [0.25, 0.3) is 0 Å². The molecule has 0 bridgehead atoms. The van der Waals surface area contributed by atoms with Crippen LogP contribution in [0.25, 0.3) is 22.5 Å². The first-order valence-corrected chi connectivity index (χ1v) is 7.83. The number of benzene rings is 1. The largest absolute Gasteiger partial charge is 0.496 e. The molecule has 6 nitrogen and oxygen atoms in total. The van der Waals surface area contributed by atoms with Gasteiger partial charge in [0.05, 0.1) is 31.5 Å². The van der Waals surface area contributed by atoms with E-state index in [2.05, 4.69) is 20.7 Å². The van der Waals surface area contributed by atoms with Crippen LogP contribution in [0.4, 0.5) is 0 Å². The van der Waals surface area contributed by atoms with Crippen molar-refractivity contribution >= 4 is 0 Å². The van der Waals surface area contributed by atoms with Crippen LogP contribution in [0.2, 0.25) is 0 Å². The summed E-state index contributed by atoms with van der Waals surface area (Å²) >= 11 is 0. The molecule has 0 aliphatic carbocycles. The average Bonchev–Trinajstić information content (AvgIpc) is 3.23. The summed E-state index contributed by atoms with van der Waals surface area (Å²) in [5, 5.41) is 4.24. The number of methoxy groups -OCH3 is 2. The molecule has 0 aliphatic heterocycles. The smallest absolute Gasteiger partial charge is 0.143 e. The zero-order valence-electron chi connectivity index (χ0n) is 14.4. The molecule has 0 saturated heterocycles. The summed E-state index contributed by atoms with van der Waals surface area (Å²) in [6, 6.07) is 6.09. The molecule has 1 unspecified atom stereocenters. The third kappa shape index (κ3) is 3.19. The van der Waals surface area contributed by atoms with E-state index in [9.17, 15) is 0 Å². The topological polar surface area (TPSA) is 54.1 Å². The summed E-state index contributed by atoms with van der Waals surface area (Å²) in [6.45, 7) is 2.76. The number of ether oxygens (including phenoxy) is 2. The maximum atomic E-state index is 5.55. The normalized spacial score (nSPS) is 12.3. The number of nitrogens with zero attached hydrogens (tertiary/aromatic N) is 4. The molecule has 0 saturated carbocycles. The number of hydrogen-bond acceptors (Lipinski definition) is 4. The Bertz CT molecular complexity index is 822. The van der Waals surface area contributed by atoms with Gasteiger partial charge in [-0.2, -0.15) is 5.10 Å². The summed E-state index contributed by atoms with van der Waals surface area (Å²) in [7, 11) is 5.30. The molecule has 2 aromatic heterocycles. The Hall–Kier alpha value is -2.60. The lowest BCUT2D eigenvalue weighted by atomic mass is 10.0. The molecule has 0 radical (unpaired) electrons. The van der Waals surface area contributed by atoms with Crippen LogP contribution in [0.5, 0.6) is 5.75 Å². The second-order valence-corrected chi connectivity index (χ2v) is 5.77. The van der Waals surface area contributed by atoms with Gasteiger partial charge in [-0.25, -0.2) is 4.98 Å². The number of rotatable bonds is 6. The minimum absolute atomic E-state index is 0.102. The quantitative estimate of drug-likeness (QED) is 0.699. The van der Waals surface area contributed by atoms with Crippen molar-refractivity contribution in [2.24, 2.45) is 7.05 Å². The van der Waals surface area contributed by atoms with Crippen molar-refractivity contribution < 1.29 is 9.47 Å². The molecule has 0 amide bonds. The Kier molecular flexibility index (Phi) is 4.66. The van der Waals surface area contributed by atoms with Gasteiger partial charge < -0.3 is 14.0 Å². The molecule has 0 fully saturated rings. The Morgan fingerprint density at radius 1 is 1.21 bits per heavy atom. The highest BCUT2D eigenvalue weighted by molar-refractivity contribution is 5.74. The first kappa shape index (κ1) is 16.3. The maximum Gasteiger partial charge on any atom is 0.143 e. The highest BCUT2D eigenvalue weighted by atomic mass is 16.5. The fourth-order valence-electron chi connectivity index (χ4n) is 2.68. The summed E-state index contributed by atoms with van der Waals surface area (Å²) in [5.74, 6) is 1.65. The van der Waals surface area contributed by atoms with Crippen LogP contribution in [-0.2, 0) is 18.3 Å². The van der Waals surface area contributed by atoms with Crippen molar-refractivity contribution in [2.45, 2.75) is 19.6 Å². The van der Waals surface area contributed by atoms with E-state index >= 15 is 0 Å². The Balaban J connectivity index is 2.05. The van der Waals surface area contributed by atoms with Crippen LogP contribution in [0.3, 0.4) is 0 Å². The maximum absolute atomic E-state index is 5.55. The number of hydrogen-bond donors (Lipinski definition) is 0. The fraction of sp³-hybridized carbons (Fsp3) is 0.333. The van der Waals surface area contributed by atoms with Gasteiger partial charge in [-0.15, -0.1) is 0 Å². The molecule has 0 N–H and O–H groups in total. The predicted octanol–water partition coefficient (Wildman–Crippen LogP) is 2.99. The summed E-state index contributed by atoms with van der Waals surface area (Å²) in [6.07, 6.45) is 7.70. The second kappa shape index (κ2) is 6.88. The fourth-order valence-corrected chi connectivity index (χ4v) is 2.68. The first-order chi connectivity index (χ1) is 11.6. The molecule has 2 heterocycles. The monoisotopic (exact) mass is 326 g/mol. The van der Waals surface area contributed by atoms with E-state index in [1.54, 1.807) is 25.1 Å². The lowest BCUT2D eigenvalue weighted by Gasteiger charge is -2.15. The van der Waals surface area contributed by atoms with Gasteiger partial charge in [-0.1, -0.05) is 6.07 Å². The van der Waals surface area contributed by atoms with Gasteiger partial charge in [0.2, 0.25) is 0 Å². The van der Waals surface area contributed by atoms with E-state index in [0.717, 1.165) is 34.8 Å². The van der Waals surface area contributed by atoms with E-state index in [0.29, 0.717) is 0 Å². The van der Waals surface area contributed by atoms with Gasteiger partial charge in [-0.05, 0) is 24.6 Å². The van der Waals surface area contributed by atoms with Crippen LogP contribution in [-0.4, -0.2) is 39.7 Å². The number of aryl methyl sites for hydroxylation is 1. The van der Waals surface area contributed by atoms with Crippen LogP contribution in [0, 0.1) is 0 Å². The predicted molar refractivity (Wildman–Crippen MR) is 92.9 cm³/mol. The molecular formula is C18H22N4O2. The van der Waals surface area contributed by atoms with Gasteiger partial charge in [0.15, 0.2) is 0 Å². The van der Waals surface area contributed by atoms with E-state index < -0.39 is 0 Å². The molecule has 0 spiro atoms. The van der Waals surface area contributed by atoms with Gasteiger partial charge in [0, 0.05) is 38.3 Å². The summed E-state index contributed by atoms with van der Waals surface area (Å²) in [5.41, 5.74) is 3.09. The summed E-state index contributed by atoms with van der Waals surface area (Å²) < 4.78 is 14.8. The summed E-state index contributed by atoms with van der Waals surface area (Å²) in [4.78, 5) is 4.53. The molecule has 3 rings (SSSR count). The van der Waals surface area contributed by atoms with E-state index in [1.807, 2.05) is 44.7 Å². The molecule has 126 valence electrons. The van der Waals surface area contributed by atoms with E-state index in [4.69, 9.17) is 9.47 Å². The SMILES string of the molecule is COc1ccc(-c2cnn(C)c2)cc1-c1nccn1CC(C)OC. The van der Waals surface area contributed by atoms with Crippen molar-refractivity contribution in [3.05, 3.63) is 43.0 Å². The highest BCUT2D eigenvalue weighted by Crippen LogP contribution is 2.33. The zero-order chi connectivity index (χ0) is 17.1. The molecule has 6 heteroatoms. The van der Waals surface area contributed by atoms with Gasteiger partial charge >= 0.3 is 0 Å². The molecule has 3 aromatic rings. The van der Waals surface area contributed by atoms with Crippen molar-refractivity contribution in [3.63, 3.8) is 0 Å². The second-order valence-electron chi connectivity index (χ2n) is 5.77. The Morgan fingerprint density at radius 2 is 2.04 bits per heavy atom. The zero-order valence-corrected chi connectivity index (χ0v) is 14.4. The van der Waals surface area contributed by atoms with Crippen molar-refractivity contribution in [1.82, 2.24) is 19.3 Å². The van der Waals surface area contributed by atoms with E-state index in [-0.39, 0.29) is 6.10 Å². The minimum Gasteiger partial charge on any atom is -0.496 e. The van der Waals surface area contributed by atoms with E-state index in [1.165, 1.54) is 0 Å². The third-order valence-electron chi connectivity index (χ3n) is 4.05. The average molecular weight is 326 g/mol. The molecule has 1 atom stereocenters. The van der Waals surface area contributed by atoms with Crippen LogP contribution < -0.4 is 4.74 Å². The number of imidazole rings is 1. The molecule has 1 aromatic carbocycles. The van der Waals surface area contributed by atoms with Crippen LogP contribution >= 0.6 is 0 Å². The van der Waals surface area contributed by atoms with Crippen molar-refractivity contribution in [1.29, 1.82) is 0 Å². The van der Waals surface area contributed by atoms with Crippen LogP contribution in [0.15, 0.2) is 43.0 Å². The minimum atomic E-state index is 0.102. The molecular weight excluding hydrogens is 304 g/mol. The van der Waals surface area contributed by atoms with Crippen molar-refractivity contribution in [3.8, 4) is 28.3 Å². The third-order valence-corrected chi connectivity index (χ3v) is 4.05. The Labute approximate surface area is 141 Å². The number of aromatic nitrogens is 4. The van der Waals surface area contributed by atoms with Crippen LogP contribution in [0.1, 0.15) is 6.92 Å². The van der Waals surface area contributed by atoms with Gasteiger partial charge in [-0.3, -0.25) is 4.68 Å².